The Kier molecular flexibility index (Phi) is 4.03. The van der Waals surface area contributed by atoms with Gasteiger partial charge in [0.25, 0.3) is 0 Å². The highest BCUT2D eigenvalue weighted by atomic mass is 16.5. The Hall–Kier alpha value is -1.39. The van der Waals surface area contributed by atoms with E-state index >= 15 is 0 Å². The van der Waals surface area contributed by atoms with Crippen molar-refractivity contribution in [1.29, 1.82) is 0 Å². The number of nitrogens with zero attached hydrogens (tertiary/aromatic N) is 1. The molecule has 1 aromatic carbocycles. The minimum atomic E-state index is -0.226. The number of amides is 1. The van der Waals surface area contributed by atoms with E-state index in [0.717, 1.165) is 24.8 Å². The molecule has 0 aromatic heterocycles. The molecule has 2 fully saturated rings. The van der Waals surface area contributed by atoms with E-state index in [1.54, 1.807) is 0 Å². The van der Waals surface area contributed by atoms with Crippen molar-refractivity contribution < 1.29 is 9.53 Å². The van der Waals surface area contributed by atoms with E-state index in [1.807, 2.05) is 35.2 Å². The summed E-state index contributed by atoms with van der Waals surface area (Å²) in [6, 6.07) is 10.1. The van der Waals surface area contributed by atoms with Gasteiger partial charge in [0.1, 0.15) is 0 Å². The fourth-order valence-corrected chi connectivity index (χ4v) is 3.46. The van der Waals surface area contributed by atoms with E-state index in [2.05, 4.69) is 0 Å². The molecule has 1 heterocycles. The third-order valence-corrected chi connectivity index (χ3v) is 4.50. The maximum Gasteiger partial charge on any atom is 0.231 e. The minimum Gasteiger partial charge on any atom is -0.374 e. The summed E-state index contributed by atoms with van der Waals surface area (Å²) < 4.78 is 5.78. The quantitative estimate of drug-likeness (QED) is 0.909. The second-order valence-electron chi connectivity index (χ2n) is 5.64. The Bertz CT molecular complexity index is 463. The normalized spacial score (nSPS) is 27.1. The van der Waals surface area contributed by atoms with Crippen LogP contribution in [0.1, 0.15) is 30.7 Å². The largest absolute Gasteiger partial charge is 0.374 e. The van der Waals surface area contributed by atoms with Crippen LogP contribution >= 0.6 is 0 Å². The van der Waals surface area contributed by atoms with Crippen LogP contribution in [-0.2, 0) is 9.53 Å². The van der Waals surface area contributed by atoms with Gasteiger partial charge in [-0.1, -0.05) is 30.3 Å². The Morgan fingerprint density at radius 2 is 2.15 bits per heavy atom. The van der Waals surface area contributed by atoms with Crippen molar-refractivity contribution >= 4 is 5.91 Å². The van der Waals surface area contributed by atoms with Crippen molar-refractivity contribution in [3.8, 4) is 0 Å². The smallest absolute Gasteiger partial charge is 0.231 e. The molecule has 1 saturated carbocycles. The van der Waals surface area contributed by atoms with Gasteiger partial charge in [-0.15, -0.1) is 0 Å². The monoisotopic (exact) mass is 274 g/mol. The number of carbonyl (C=O) groups excluding carboxylic acids is 1. The molecular formula is C16H22N2O2. The van der Waals surface area contributed by atoms with Crippen molar-refractivity contribution in [2.45, 2.75) is 37.3 Å². The zero-order valence-corrected chi connectivity index (χ0v) is 11.7. The lowest BCUT2D eigenvalue weighted by Crippen LogP contribution is -2.53. The summed E-state index contributed by atoms with van der Waals surface area (Å²) >= 11 is 0. The van der Waals surface area contributed by atoms with E-state index in [0.29, 0.717) is 19.7 Å². The van der Waals surface area contributed by atoms with Crippen molar-refractivity contribution in [1.82, 2.24) is 4.90 Å². The number of carbonyl (C=O) groups is 1. The molecular weight excluding hydrogens is 252 g/mol. The van der Waals surface area contributed by atoms with E-state index in [4.69, 9.17) is 10.5 Å². The predicted molar refractivity (Wildman–Crippen MR) is 77.3 cm³/mol. The highest BCUT2D eigenvalue weighted by Crippen LogP contribution is 2.31. The summed E-state index contributed by atoms with van der Waals surface area (Å²) in [7, 11) is 0. The summed E-state index contributed by atoms with van der Waals surface area (Å²) in [5.74, 6) is -0.0607. The zero-order chi connectivity index (χ0) is 13.9. The fourth-order valence-electron chi connectivity index (χ4n) is 3.46. The molecule has 1 aliphatic heterocycles. The number of hydrogen-bond donors (Lipinski definition) is 1. The first-order valence-corrected chi connectivity index (χ1v) is 7.48. The van der Waals surface area contributed by atoms with Gasteiger partial charge < -0.3 is 15.4 Å². The van der Waals surface area contributed by atoms with Crippen molar-refractivity contribution in [2.75, 3.05) is 19.7 Å². The first kappa shape index (κ1) is 13.6. The van der Waals surface area contributed by atoms with Crippen LogP contribution < -0.4 is 5.73 Å². The van der Waals surface area contributed by atoms with Gasteiger partial charge in [0.15, 0.2) is 0 Å². The molecule has 3 rings (SSSR count). The Morgan fingerprint density at radius 1 is 1.35 bits per heavy atom. The molecule has 4 nitrogen and oxygen atoms in total. The third kappa shape index (κ3) is 2.45. The highest BCUT2D eigenvalue weighted by molar-refractivity contribution is 5.84. The van der Waals surface area contributed by atoms with Crippen molar-refractivity contribution in [3.63, 3.8) is 0 Å². The molecule has 0 spiro atoms. The minimum absolute atomic E-state index is 0.166. The second kappa shape index (κ2) is 5.94. The van der Waals surface area contributed by atoms with Gasteiger partial charge in [-0.25, -0.2) is 0 Å². The number of benzene rings is 1. The van der Waals surface area contributed by atoms with E-state index in [-0.39, 0.29) is 24.0 Å². The maximum absolute atomic E-state index is 12.9. The van der Waals surface area contributed by atoms with Gasteiger partial charge in [0.05, 0.1) is 24.7 Å². The number of nitrogens with two attached hydrogens (primary N) is 1. The summed E-state index contributed by atoms with van der Waals surface area (Å²) in [5.41, 5.74) is 6.89. The Morgan fingerprint density at radius 3 is 2.90 bits per heavy atom. The van der Waals surface area contributed by atoms with Crippen LogP contribution in [0.25, 0.3) is 0 Å². The number of fused-ring (bicyclic) bond motifs is 1. The molecule has 108 valence electrons. The van der Waals surface area contributed by atoms with Crippen LogP contribution in [0.15, 0.2) is 30.3 Å². The zero-order valence-electron chi connectivity index (χ0n) is 11.7. The molecule has 2 N–H and O–H groups in total. The third-order valence-electron chi connectivity index (χ3n) is 4.50. The molecule has 0 radical (unpaired) electrons. The van der Waals surface area contributed by atoms with Crippen molar-refractivity contribution in [3.05, 3.63) is 35.9 Å². The van der Waals surface area contributed by atoms with Gasteiger partial charge in [-0.2, -0.15) is 0 Å². The van der Waals surface area contributed by atoms with Gasteiger partial charge in [-0.3, -0.25) is 4.79 Å². The van der Waals surface area contributed by atoms with E-state index in [1.165, 1.54) is 0 Å². The van der Waals surface area contributed by atoms with Crippen LogP contribution in [-0.4, -0.2) is 42.6 Å². The molecule has 1 saturated heterocycles. The van der Waals surface area contributed by atoms with E-state index < -0.39 is 0 Å². The topological polar surface area (TPSA) is 55.6 Å². The summed E-state index contributed by atoms with van der Waals surface area (Å²) in [4.78, 5) is 14.9. The van der Waals surface area contributed by atoms with Gasteiger partial charge in [-0.05, 0) is 24.8 Å². The van der Waals surface area contributed by atoms with Crippen LogP contribution in [0.2, 0.25) is 0 Å². The first-order valence-electron chi connectivity index (χ1n) is 7.48. The lowest BCUT2D eigenvalue weighted by Gasteiger charge is -2.39. The average molecular weight is 274 g/mol. The maximum atomic E-state index is 12.9. The molecule has 1 aliphatic carbocycles. The van der Waals surface area contributed by atoms with Crippen LogP contribution in [0.5, 0.6) is 0 Å². The molecule has 0 bridgehead atoms. The molecule has 4 heteroatoms. The molecule has 2 aliphatic rings. The van der Waals surface area contributed by atoms with Crippen LogP contribution in [0.3, 0.4) is 0 Å². The molecule has 1 amide bonds. The number of morpholine rings is 1. The van der Waals surface area contributed by atoms with E-state index in [9.17, 15) is 4.79 Å². The molecule has 3 unspecified atom stereocenters. The van der Waals surface area contributed by atoms with Gasteiger partial charge >= 0.3 is 0 Å². The standard InChI is InChI=1S/C16H22N2O2/c17-11-13(12-5-2-1-3-6-12)16(19)18-9-10-20-15-8-4-7-14(15)18/h1-3,5-6,13-15H,4,7-11,17H2. The summed E-state index contributed by atoms with van der Waals surface area (Å²) in [6.07, 6.45) is 3.52. The summed E-state index contributed by atoms with van der Waals surface area (Å²) in [5, 5.41) is 0. The average Bonchev–Trinajstić information content (AvgIpc) is 2.97. The number of hydrogen-bond acceptors (Lipinski definition) is 3. The fraction of sp³-hybridized carbons (Fsp3) is 0.562. The molecule has 20 heavy (non-hydrogen) atoms. The SMILES string of the molecule is NCC(C(=O)N1CCOC2CCCC21)c1ccccc1. The first-order chi connectivity index (χ1) is 9.81. The summed E-state index contributed by atoms with van der Waals surface area (Å²) in [6.45, 7) is 1.71. The highest BCUT2D eigenvalue weighted by Gasteiger charge is 2.40. The van der Waals surface area contributed by atoms with Gasteiger partial charge in [0, 0.05) is 13.1 Å². The molecule has 1 aromatic rings. The Labute approximate surface area is 119 Å². The lowest BCUT2D eigenvalue weighted by molar-refractivity contribution is -0.145. The second-order valence-corrected chi connectivity index (χ2v) is 5.64. The van der Waals surface area contributed by atoms with Gasteiger partial charge in [0.2, 0.25) is 5.91 Å². The number of rotatable bonds is 3. The van der Waals surface area contributed by atoms with Crippen LogP contribution in [0, 0.1) is 0 Å². The number of ether oxygens (including phenoxy) is 1. The lowest BCUT2D eigenvalue weighted by atomic mass is 9.96. The predicted octanol–water partition coefficient (Wildman–Crippen LogP) is 1.51. The molecule has 3 atom stereocenters. The Balaban J connectivity index is 1.79. The van der Waals surface area contributed by atoms with Crippen molar-refractivity contribution in [2.24, 2.45) is 5.73 Å². The van der Waals surface area contributed by atoms with Crippen LogP contribution in [0.4, 0.5) is 0 Å².